The van der Waals surface area contributed by atoms with E-state index < -0.39 is 10.0 Å². The molecule has 0 bridgehead atoms. The highest BCUT2D eigenvalue weighted by Crippen LogP contribution is 2.35. The minimum atomic E-state index is -3.22. The summed E-state index contributed by atoms with van der Waals surface area (Å²) in [5.74, 6) is 0. The van der Waals surface area contributed by atoms with E-state index in [1.807, 2.05) is 6.07 Å². The summed E-state index contributed by atoms with van der Waals surface area (Å²) in [7, 11) is -1.60. The van der Waals surface area contributed by atoms with Gasteiger partial charge in [-0.05, 0) is 43.5 Å². The van der Waals surface area contributed by atoms with Crippen molar-refractivity contribution in [2.45, 2.75) is 32.2 Å². The largest absolute Gasteiger partial charge is 0.368 e. The standard InChI is InChI=1S/C17H27N3O2S/c1-4-19-10-8-15(9-11-19)20-12-7-14-5-6-16(13-17(14)20)18(2)23(3,21)22/h5-6,13,15H,4,7-12H2,1-3H3. The third-order valence-electron chi connectivity index (χ3n) is 5.31. The maximum absolute atomic E-state index is 11.8. The van der Waals surface area contributed by atoms with Crippen LogP contribution in [-0.4, -0.2) is 58.8 Å². The van der Waals surface area contributed by atoms with Crippen LogP contribution in [0.25, 0.3) is 0 Å². The molecule has 0 saturated carbocycles. The Bertz CT molecular complexity index is 666. The number of sulfonamides is 1. The lowest BCUT2D eigenvalue weighted by molar-refractivity contribution is 0.219. The van der Waals surface area contributed by atoms with Crippen molar-refractivity contribution in [2.75, 3.05) is 48.7 Å². The van der Waals surface area contributed by atoms with Crippen molar-refractivity contribution in [1.29, 1.82) is 0 Å². The van der Waals surface area contributed by atoms with E-state index in [2.05, 4.69) is 28.9 Å². The number of piperidine rings is 1. The Labute approximate surface area is 139 Å². The minimum absolute atomic E-state index is 0.581. The van der Waals surface area contributed by atoms with Crippen molar-refractivity contribution < 1.29 is 8.42 Å². The van der Waals surface area contributed by atoms with Crippen molar-refractivity contribution in [2.24, 2.45) is 0 Å². The Balaban J connectivity index is 1.82. The average molecular weight is 337 g/mol. The first kappa shape index (κ1) is 16.6. The number of likely N-dealkylation sites (tertiary alicyclic amines) is 1. The van der Waals surface area contributed by atoms with Gasteiger partial charge in [-0.3, -0.25) is 4.31 Å². The van der Waals surface area contributed by atoms with Gasteiger partial charge in [-0.1, -0.05) is 13.0 Å². The molecule has 2 aliphatic heterocycles. The van der Waals surface area contributed by atoms with Crippen LogP contribution < -0.4 is 9.21 Å². The lowest BCUT2D eigenvalue weighted by Gasteiger charge is -2.38. The number of fused-ring (bicyclic) bond motifs is 1. The zero-order valence-corrected chi connectivity index (χ0v) is 15.1. The van der Waals surface area contributed by atoms with Gasteiger partial charge in [0.15, 0.2) is 0 Å². The molecule has 1 saturated heterocycles. The van der Waals surface area contributed by atoms with Gasteiger partial charge < -0.3 is 9.80 Å². The Morgan fingerprint density at radius 1 is 1.22 bits per heavy atom. The zero-order valence-electron chi connectivity index (χ0n) is 14.3. The fourth-order valence-corrected chi connectivity index (χ4v) is 4.20. The van der Waals surface area contributed by atoms with Crippen LogP contribution in [0.4, 0.5) is 11.4 Å². The van der Waals surface area contributed by atoms with Gasteiger partial charge in [-0.2, -0.15) is 0 Å². The summed E-state index contributed by atoms with van der Waals surface area (Å²) < 4.78 is 24.9. The van der Waals surface area contributed by atoms with Crippen molar-refractivity contribution in [3.05, 3.63) is 23.8 Å². The summed E-state index contributed by atoms with van der Waals surface area (Å²) >= 11 is 0. The smallest absolute Gasteiger partial charge is 0.231 e. The van der Waals surface area contributed by atoms with Crippen LogP contribution in [0.15, 0.2) is 18.2 Å². The molecule has 0 aliphatic carbocycles. The molecular formula is C17H27N3O2S. The topological polar surface area (TPSA) is 43.9 Å². The fourth-order valence-electron chi connectivity index (χ4n) is 3.71. The van der Waals surface area contributed by atoms with Crippen molar-refractivity contribution in [1.82, 2.24) is 4.90 Å². The molecule has 2 aliphatic rings. The molecule has 3 rings (SSSR count). The van der Waals surface area contributed by atoms with E-state index in [4.69, 9.17) is 0 Å². The molecule has 1 aromatic rings. The van der Waals surface area contributed by atoms with Crippen LogP contribution in [0.5, 0.6) is 0 Å². The predicted molar refractivity (Wildman–Crippen MR) is 95.9 cm³/mol. The van der Waals surface area contributed by atoms with Gasteiger partial charge in [-0.15, -0.1) is 0 Å². The molecule has 0 aromatic heterocycles. The third kappa shape index (κ3) is 3.33. The maximum Gasteiger partial charge on any atom is 0.231 e. The molecule has 1 aromatic carbocycles. The van der Waals surface area contributed by atoms with Crippen LogP contribution in [-0.2, 0) is 16.4 Å². The number of hydrogen-bond acceptors (Lipinski definition) is 4. The Morgan fingerprint density at radius 3 is 2.52 bits per heavy atom. The minimum Gasteiger partial charge on any atom is -0.368 e. The van der Waals surface area contributed by atoms with Crippen molar-refractivity contribution in [3.63, 3.8) is 0 Å². The summed E-state index contributed by atoms with van der Waals surface area (Å²) in [5.41, 5.74) is 3.32. The second-order valence-corrected chi connectivity index (χ2v) is 8.67. The van der Waals surface area contributed by atoms with E-state index in [-0.39, 0.29) is 0 Å². The van der Waals surface area contributed by atoms with Crippen molar-refractivity contribution >= 4 is 21.4 Å². The summed E-state index contributed by atoms with van der Waals surface area (Å²) in [4.78, 5) is 5.00. The zero-order chi connectivity index (χ0) is 16.6. The quantitative estimate of drug-likeness (QED) is 0.842. The molecule has 6 heteroatoms. The van der Waals surface area contributed by atoms with E-state index in [1.54, 1.807) is 7.05 Å². The Hall–Kier alpha value is -1.27. The van der Waals surface area contributed by atoms with Crippen LogP contribution in [0.1, 0.15) is 25.3 Å². The second kappa shape index (κ2) is 6.32. The molecule has 5 nitrogen and oxygen atoms in total. The molecular weight excluding hydrogens is 310 g/mol. The van der Waals surface area contributed by atoms with Gasteiger partial charge in [0.05, 0.1) is 11.9 Å². The molecule has 2 heterocycles. The molecule has 0 radical (unpaired) electrons. The molecule has 1 fully saturated rings. The fraction of sp³-hybridized carbons (Fsp3) is 0.647. The van der Waals surface area contributed by atoms with Gasteiger partial charge in [0.2, 0.25) is 10.0 Å². The van der Waals surface area contributed by atoms with Gasteiger partial charge in [0.1, 0.15) is 0 Å². The van der Waals surface area contributed by atoms with E-state index >= 15 is 0 Å². The number of hydrogen-bond donors (Lipinski definition) is 0. The monoisotopic (exact) mass is 337 g/mol. The van der Waals surface area contributed by atoms with Crippen LogP contribution in [0.2, 0.25) is 0 Å². The van der Waals surface area contributed by atoms with Gasteiger partial charge in [0, 0.05) is 38.4 Å². The highest BCUT2D eigenvalue weighted by atomic mass is 32.2. The van der Waals surface area contributed by atoms with E-state index in [0.29, 0.717) is 6.04 Å². The number of anilines is 2. The second-order valence-electron chi connectivity index (χ2n) is 6.65. The molecule has 128 valence electrons. The first-order valence-electron chi connectivity index (χ1n) is 8.46. The van der Waals surface area contributed by atoms with E-state index in [0.717, 1.165) is 38.3 Å². The third-order valence-corrected chi connectivity index (χ3v) is 6.51. The number of nitrogens with zero attached hydrogens (tertiary/aromatic N) is 3. The highest BCUT2D eigenvalue weighted by molar-refractivity contribution is 7.92. The molecule has 23 heavy (non-hydrogen) atoms. The number of rotatable bonds is 4. The van der Waals surface area contributed by atoms with E-state index in [9.17, 15) is 8.42 Å². The van der Waals surface area contributed by atoms with E-state index in [1.165, 1.54) is 34.7 Å². The summed E-state index contributed by atoms with van der Waals surface area (Å²) in [6.07, 6.45) is 4.70. The summed E-state index contributed by atoms with van der Waals surface area (Å²) in [5, 5.41) is 0. The van der Waals surface area contributed by atoms with Gasteiger partial charge in [-0.25, -0.2) is 8.42 Å². The van der Waals surface area contributed by atoms with Crippen molar-refractivity contribution in [3.8, 4) is 0 Å². The lowest BCUT2D eigenvalue weighted by Crippen LogP contribution is -2.44. The van der Waals surface area contributed by atoms with Gasteiger partial charge in [0.25, 0.3) is 0 Å². The first-order valence-corrected chi connectivity index (χ1v) is 10.3. The maximum atomic E-state index is 11.8. The van der Waals surface area contributed by atoms with Crippen LogP contribution in [0, 0.1) is 0 Å². The van der Waals surface area contributed by atoms with Crippen LogP contribution in [0.3, 0.4) is 0 Å². The Kier molecular flexibility index (Phi) is 4.56. The molecule has 0 amide bonds. The molecule has 0 N–H and O–H groups in total. The molecule has 0 atom stereocenters. The van der Waals surface area contributed by atoms with Crippen LogP contribution >= 0.6 is 0 Å². The normalized spacial score (nSPS) is 19.9. The van der Waals surface area contributed by atoms with Gasteiger partial charge >= 0.3 is 0 Å². The average Bonchev–Trinajstić information content (AvgIpc) is 2.96. The summed E-state index contributed by atoms with van der Waals surface area (Å²) in [6, 6.07) is 6.64. The molecule has 0 unspecified atom stereocenters. The predicted octanol–water partition coefficient (Wildman–Crippen LogP) is 1.93. The first-order chi connectivity index (χ1) is 10.9. The molecule has 0 spiro atoms. The number of benzene rings is 1. The SMILES string of the molecule is CCN1CCC(N2CCc3ccc(N(C)S(C)(=O)=O)cc32)CC1. The summed E-state index contributed by atoms with van der Waals surface area (Å²) in [6.45, 7) is 6.73. The highest BCUT2D eigenvalue weighted by Gasteiger charge is 2.29. The lowest BCUT2D eigenvalue weighted by atomic mass is 10.0. The Morgan fingerprint density at radius 2 is 1.91 bits per heavy atom.